The van der Waals surface area contributed by atoms with Gasteiger partial charge >= 0.3 is 0 Å². The number of methoxy groups -OCH3 is 2. The molecule has 0 amide bonds. The number of hydrogen-bond acceptors (Lipinski definition) is 5. The average Bonchev–Trinajstić information content (AvgIpc) is 2.46. The Morgan fingerprint density at radius 2 is 1.80 bits per heavy atom. The van der Waals surface area contributed by atoms with Gasteiger partial charge in [-0.1, -0.05) is 6.07 Å². The lowest BCUT2D eigenvalue weighted by atomic mass is 10.1. The summed E-state index contributed by atoms with van der Waals surface area (Å²) in [6.07, 6.45) is 0. The summed E-state index contributed by atoms with van der Waals surface area (Å²) in [5.74, 6) is -0.225. The fourth-order valence-corrected chi connectivity index (χ4v) is 1.58. The largest absolute Gasteiger partial charge is 0.494 e. The van der Waals surface area contributed by atoms with Gasteiger partial charge in [0, 0.05) is 7.11 Å². The van der Waals surface area contributed by atoms with Gasteiger partial charge in [0.05, 0.1) is 46.2 Å². The molecule has 2 N–H and O–H groups in total. The molecule has 1 rings (SSSR count). The topological polar surface area (TPSA) is 62.9 Å². The van der Waals surface area contributed by atoms with Gasteiger partial charge in [-0.2, -0.15) is 0 Å². The lowest BCUT2D eigenvalue weighted by Gasteiger charge is -2.13. The van der Waals surface area contributed by atoms with Crippen LogP contribution in [0.2, 0.25) is 0 Å². The Balaban J connectivity index is 2.25. The van der Waals surface area contributed by atoms with Gasteiger partial charge < -0.3 is 24.7 Å². The van der Waals surface area contributed by atoms with Gasteiger partial charge in [-0.15, -0.1) is 0 Å². The van der Waals surface area contributed by atoms with E-state index in [1.165, 1.54) is 13.2 Å². The third-order valence-electron chi connectivity index (χ3n) is 2.71. The maximum Gasteiger partial charge on any atom is 0.165 e. The smallest absolute Gasteiger partial charge is 0.165 e. The molecule has 20 heavy (non-hydrogen) atoms. The summed E-state index contributed by atoms with van der Waals surface area (Å²) < 4.78 is 33.8. The molecule has 0 radical (unpaired) electrons. The lowest BCUT2D eigenvalue weighted by molar-refractivity contribution is 0.0215. The van der Waals surface area contributed by atoms with Crippen LogP contribution in [0.5, 0.6) is 5.75 Å². The predicted molar refractivity (Wildman–Crippen MR) is 73.4 cm³/mol. The first-order valence-electron chi connectivity index (χ1n) is 6.42. The van der Waals surface area contributed by atoms with E-state index in [4.69, 9.17) is 24.7 Å². The van der Waals surface area contributed by atoms with Crippen molar-refractivity contribution in [2.45, 2.75) is 6.04 Å². The van der Waals surface area contributed by atoms with Gasteiger partial charge in [-0.25, -0.2) is 4.39 Å². The highest BCUT2D eigenvalue weighted by Crippen LogP contribution is 2.20. The molecule has 0 aliphatic rings. The second-order valence-corrected chi connectivity index (χ2v) is 4.18. The van der Waals surface area contributed by atoms with E-state index in [0.717, 1.165) is 0 Å². The summed E-state index contributed by atoms with van der Waals surface area (Å²) in [6.45, 7) is 2.32. The summed E-state index contributed by atoms with van der Waals surface area (Å²) >= 11 is 0. The van der Waals surface area contributed by atoms with Crippen molar-refractivity contribution < 1.29 is 23.3 Å². The Hall–Kier alpha value is -1.21. The zero-order valence-corrected chi connectivity index (χ0v) is 11.9. The second kappa shape index (κ2) is 9.66. The first kappa shape index (κ1) is 16.8. The minimum Gasteiger partial charge on any atom is -0.494 e. The van der Waals surface area contributed by atoms with Crippen LogP contribution in [0, 0.1) is 5.82 Å². The molecule has 0 aliphatic heterocycles. The second-order valence-electron chi connectivity index (χ2n) is 4.18. The Labute approximate surface area is 118 Å². The molecule has 0 fully saturated rings. The van der Waals surface area contributed by atoms with Crippen LogP contribution in [0.25, 0.3) is 0 Å². The molecule has 0 spiro atoms. The van der Waals surface area contributed by atoms with Gasteiger partial charge in [-0.05, 0) is 17.7 Å². The zero-order valence-electron chi connectivity index (χ0n) is 11.9. The number of ether oxygens (including phenoxy) is 4. The number of nitrogens with two attached hydrogens (primary N) is 1. The van der Waals surface area contributed by atoms with E-state index >= 15 is 0 Å². The molecule has 0 aromatic heterocycles. The zero-order chi connectivity index (χ0) is 14.8. The van der Waals surface area contributed by atoms with E-state index in [1.54, 1.807) is 19.2 Å². The number of rotatable bonds is 10. The minimum absolute atomic E-state index is 0.202. The summed E-state index contributed by atoms with van der Waals surface area (Å²) in [6, 6.07) is 4.26. The van der Waals surface area contributed by atoms with Gasteiger partial charge in [-0.3, -0.25) is 0 Å². The van der Waals surface area contributed by atoms with Crippen LogP contribution in [0.1, 0.15) is 11.6 Å². The third kappa shape index (κ3) is 5.83. The third-order valence-corrected chi connectivity index (χ3v) is 2.71. The summed E-state index contributed by atoms with van der Waals surface area (Å²) in [5.41, 5.74) is 6.59. The van der Waals surface area contributed by atoms with E-state index in [2.05, 4.69) is 0 Å². The van der Waals surface area contributed by atoms with Crippen molar-refractivity contribution in [2.75, 3.05) is 47.3 Å². The molecule has 0 heterocycles. The van der Waals surface area contributed by atoms with Crippen molar-refractivity contribution in [3.8, 4) is 5.75 Å². The van der Waals surface area contributed by atoms with Crippen molar-refractivity contribution >= 4 is 0 Å². The molecule has 5 nitrogen and oxygen atoms in total. The molecular formula is C14H22FNO4. The van der Waals surface area contributed by atoms with E-state index in [-0.39, 0.29) is 11.8 Å². The van der Waals surface area contributed by atoms with Crippen molar-refractivity contribution in [1.29, 1.82) is 0 Å². The molecular weight excluding hydrogens is 265 g/mol. The maximum atomic E-state index is 13.5. The van der Waals surface area contributed by atoms with Crippen molar-refractivity contribution in [3.05, 3.63) is 29.6 Å². The van der Waals surface area contributed by atoms with Gasteiger partial charge in [0.1, 0.15) is 0 Å². The van der Waals surface area contributed by atoms with Crippen molar-refractivity contribution in [2.24, 2.45) is 5.73 Å². The van der Waals surface area contributed by atoms with Crippen LogP contribution < -0.4 is 10.5 Å². The molecule has 1 unspecified atom stereocenters. The standard InChI is InChI=1S/C14H22FNO4/c1-17-5-6-19-7-8-20-10-13(16)11-3-4-14(18-2)12(15)9-11/h3-4,9,13H,5-8,10,16H2,1-2H3. The van der Waals surface area contributed by atoms with Crippen LogP contribution >= 0.6 is 0 Å². The van der Waals surface area contributed by atoms with Crippen LogP contribution in [0.4, 0.5) is 4.39 Å². The Morgan fingerprint density at radius 1 is 1.10 bits per heavy atom. The maximum absolute atomic E-state index is 13.5. The van der Waals surface area contributed by atoms with E-state index in [0.29, 0.717) is 38.6 Å². The quantitative estimate of drug-likeness (QED) is 0.661. The molecule has 114 valence electrons. The van der Waals surface area contributed by atoms with Crippen LogP contribution in [-0.2, 0) is 14.2 Å². The van der Waals surface area contributed by atoms with Crippen LogP contribution in [-0.4, -0.2) is 47.3 Å². The first-order valence-corrected chi connectivity index (χ1v) is 6.42. The molecule has 1 atom stereocenters. The molecule has 0 saturated carbocycles. The van der Waals surface area contributed by atoms with E-state index in [1.807, 2.05) is 0 Å². The highest BCUT2D eigenvalue weighted by Gasteiger charge is 2.10. The van der Waals surface area contributed by atoms with Gasteiger partial charge in [0.25, 0.3) is 0 Å². The molecule has 0 aliphatic carbocycles. The Bertz CT molecular complexity index is 389. The molecule has 1 aromatic rings. The number of hydrogen-bond donors (Lipinski definition) is 1. The monoisotopic (exact) mass is 287 g/mol. The Morgan fingerprint density at radius 3 is 2.45 bits per heavy atom. The van der Waals surface area contributed by atoms with Crippen LogP contribution in [0.3, 0.4) is 0 Å². The van der Waals surface area contributed by atoms with E-state index < -0.39 is 5.82 Å². The fourth-order valence-electron chi connectivity index (χ4n) is 1.58. The minimum atomic E-state index is -0.427. The molecule has 0 bridgehead atoms. The predicted octanol–water partition coefficient (Wildman–Crippen LogP) is 1.51. The van der Waals surface area contributed by atoms with E-state index in [9.17, 15) is 4.39 Å². The summed E-state index contributed by atoms with van der Waals surface area (Å²) in [5, 5.41) is 0. The van der Waals surface area contributed by atoms with Crippen molar-refractivity contribution in [3.63, 3.8) is 0 Å². The number of benzene rings is 1. The first-order chi connectivity index (χ1) is 9.69. The summed E-state index contributed by atoms with van der Waals surface area (Å²) in [4.78, 5) is 0. The number of halogens is 1. The fraction of sp³-hybridized carbons (Fsp3) is 0.571. The Kier molecular flexibility index (Phi) is 8.13. The molecule has 1 aromatic carbocycles. The SMILES string of the molecule is COCCOCCOCC(N)c1ccc(OC)c(F)c1. The lowest BCUT2D eigenvalue weighted by Crippen LogP contribution is -2.19. The highest BCUT2D eigenvalue weighted by molar-refractivity contribution is 5.30. The molecule has 6 heteroatoms. The summed E-state index contributed by atoms with van der Waals surface area (Å²) in [7, 11) is 3.04. The van der Waals surface area contributed by atoms with Crippen LogP contribution in [0.15, 0.2) is 18.2 Å². The van der Waals surface area contributed by atoms with Gasteiger partial charge in [0.2, 0.25) is 0 Å². The average molecular weight is 287 g/mol. The highest BCUT2D eigenvalue weighted by atomic mass is 19.1. The van der Waals surface area contributed by atoms with Gasteiger partial charge in [0.15, 0.2) is 11.6 Å². The molecule has 0 saturated heterocycles. The van der Waals surface area contributed by atoms with Crippen molar-refractivity contribution in [1.82, 2.24) is 0 Å². The normalized spacial score (nSPS) is 12.4.